The highest BCUT2D eigenvalue weighted by Gasteiger charge is 2.27. The zero-order valence-electron chi connectivity index (χ0n) is 20.5. The fourth-order valence-electron chi connectivity index (χ4n) is 3.57. The van der Waals surface area contributed by atoms with Crippen molar-refractivity contribution in [2.75, 3.05) is 10.6 Å². The second kappa shape index (κ2) is 9.21. The molecule has 0 aromatic heterocycles. The number of phenolic OH excluding ortho intramolecular Hbond substituents is 2. The Morgan fingerprint density at radius 3 is 1.41 bits per heavy atom. The van der Waals surface area contributed by atoms with E-state index in [0.29, 0.717) is 33.6 Å². The Balaban J connectivity index is 1.80. The molecule has 2 amide bonds. The normalized spacial score (nSPS) is 11.7. The summed E-state index contributed by atoms with van der Waals surface area (Å²) < 4.78 is 0. The highest BCUT2D eigenvalue weighted by Crippen LogP contribution is 2.39. The van der Waals surface area contributed by atoms with E-state index in [-0.39, 0.29) is 34.1 Å². The highest BCUT2D eigenvalue weighted by molar-refractivity contribution is 6.06. The smallest absolute Gasteiger partial charge is 0.255 e. The molecule has 0 fully saturated rings. The monoisotopic (exact) mass is 460 g/mol. The van der Waals surface area contributed by atoms with Crippen molar-refractivity contribution in [1.82, 2.24) is 0 Å². The lowest BCUT2D eigenvalue weighted by molar-refractivity contribution is 0.101. The molecule has 0 aliphatic heterocycles. The van der Waals surface area contributed by atoms with Crippen LogP contribution in [0.1, 0.15) is 73.4 Å². The third kappa shape index (κ3) is 5.76. The SMILES string of the molecule is CC(C)(C)c1cc(C(=O)Nc2ccc(C(=O)Nc3ccc(O)cc3)cc2)cc(C(C)(C)C)c1O. The third-order valence-electron chi connectivity index (χ3n) is 5.52. The second-order valence-corrected chi connectivity index (χ2v) is 10.5. The maximum atomic E-state index is 13.1. The van der Waals surface area contributed by atoms with E-state index in [1.54, 1.807) is 48.5 Å². The van der Waals surface area contributed by atoms with E-state index in [4.69, 9.17) is 0 Å². The molecular formula is C28H32N2O4. The summed E-state index contributed by atoms with van der Waals surface area (Å²) in [6.45, 7) is 12.0. The first-order valence-corrected chi connectivity index (χ1v) is 11.2. The number of hydrogen-bond acceptors (Lipinski definition) is 4. The van der Waals surface area contributed by atoms with Gasteiger partial charge in [0, 0.05) is 33.6 Å². The van der Waals surface area contributed by atoms with Crippen LogP contribution in [0.5, 0.6) is 11.5 Å². The van der Waals surface area contributed by atoms with E-state index in [9.17, 15) is 19.8 Å². The van der Waals surface area contributed by atoms with E-state index < -0.39 is 0 Å². The number of benzene rings is 3. The molecule has 0 saturated heterocycles. The summed E-state index contributed by atoms with van der Waals surface area (Å²) in [6.07, 6.45) is 0. The topological polar surface area (TPSA) is 98.7 Å². The molecule has 0 atom stereocenters. The molecule has 178 valence electrons. The van der Waals surface area contributed by atoms with Gasteiger partial charge in [-0.15, -0.1) is 0 Å². The van der Waals surface area contributed by atoms with Crippen LogP contribution in [0.3, 0.4) is 0 Å². The summed E-state index contributed by atoms with van der Waals surface area (Å²) >= 11 is 0. The minimum absolute atomic E-state index is 0.121. The van der Waals surface area contributed by atoms with Crippen molar-refractivity contribution in [3.8, 4) is 11.5 Å². The van der Waals surface area contributed by atoms with Crippen molar-refractivity contribution < 1.29 is 19.8 Å². The lowest BCUT2D eigenvalue weighted by Gasteiger charge is -2.28. The van der Waals surface area contributed by atoms with Gasteiger partial charge in [0.15, 0.2) is 0 Å². The molecule has 0 aliphatic carbocycles. The molecular weight excluding hydrogens is 428 g/mol. The largest absolute Gasteiger partial charge is 0.508 e. The van der Waals surface area contributed by atoms with Crippen molar-refractivity contribution in [2.45, 2.75) is 52.4 Å². The van der Waals surface area contributed by atoms with Crippen LogP contribution in [0.2, 0.25) is 0 Å². The Labute approximate surface area is 200 Å². The quantitative estimate of drug-likeness (QED) is 0.349. The first-order valence-electron chi connectivity index (χ1n) is 11.2. The van der Waals surface area contributed by atoms with Gasteiger partial charge in [-0.05, 0) is 71.5 Å². The van der Waals surface area contributed by atoms with Gasteiger partial charge in [0.2, 0.25) is 0 Å². The number of carbonyl (C=O) groups excluding carboxylic acids is 2. The minimum Gasteiger partial charge on any atom is -0.508 e. The van der Waals surface area contributed by atoms with Gasteiger partial charge in [-0.3, -0.25) is 9.59 Å². The lowest BCUT2D eigenvalue weighted by atomic mass is 9.78. The van der Waals surface area contributed by atoms with Gasteiger partial charge in [0.25, 0.3) is 11.8 Å². The average Bonchev–Trinajstić information content (AvgIpc) is 2.74. The van der Waals surface area contributed by atoms with Crippen molar-refractivity contribution in [3.05, 3.63) is 82.9 Å². The minimum atomic E-state index is -0.340. The van der Waals surface area contributed by atoms with Gasteiger partial charge in [0.05, 0.1) is 0 Å². The lowest BCUT2D eigenvalue weighted by Crippen LogP contribution is -2.20. The van der Waals surface area contributed by atoms with E-state index in [1.807, 2.05) is 41.5 Å². The van der Waals surface area contributed by atoms with Crippen LogP contribution in [0.4, 0.5) is 11.4 Å². The predicted molar refractivity (Wildman–Crippen MR) is 136 cm³/mol. The zero-order chi connectivity index (χ0) is 25.3. The summed E-state index contributed by atoms with van der Waals surface area (Å²) in [4.78, 5) is 25.5. The Morgan fingerprint density at radius 1 is 0.618 bits per heavy atom. The summed E-state index contributed by atoms with van der Waals surface area (Å²) in [5.41, 5.74) is 2.76. The van der Waals surface area contributed by atoms with Crippen LogP contribution < -0.4 is 10.6 Å². The van der Waals surface area contributed by atoms with Crippen LogP contribution in [0.25, 0.3) is 0 Å². The van der Waals surface area contributed by atoms with Crippen molar-refractivity contribution in [1.29, 1.82) is 0 Å². The Kier molecular flexibility index (Phi) is 6.73. The zero-order valence-corrected chi connectivity index (χ0v) is 20.5. The number of amides is 2. The number of hydrogen-bond donors (Lipinski definition) is 4. The van der Waals surface area contributed by atoms with Gasteiger partial charge in [-0.2, -0.15) is 0 Å². The third-order valence-corrected chi connectivity index (χ3v) is 5.52. The molecule has 3 rings (SSSR count). The standard InChI is InChI=1S/C28H32N2O4/c1-27(2,3)22-15-18(16-23(24(22)32)28(4,5)6)26(34)30-19-9-7-17(8-10-19)25(33)29-20-11-13-21(31)14-12-20/h7-16,31-32H,1-6H3,(H,29,33)(H,30,34). The van der Waals surface area contributed by atoms with Crippen LogP contribution >= 0.6 is 0 Å². The molecule has 0 aliphatic rings. The maximum Gasteiger partial charge on any atom is 0.255 e. The number of anilines is 2. The number of phenols is 2. The molecule has 3 aromatic carbocycles. The molecule has 6 heteroatoms. The van der Waals surface area contributed by atoms with Crippen molar-refractivity contribution in [2.24, 2.45) is 0 Å². The molecule has 0 unspecified atom stereocenters. The molecule has 0 radical (unpaired) electrons. The predicted octanol–water partition coefficient (Wildman–Crippen LogP) is 6.20. The first-order chi connectivity index (χ1) is 15.8. The summed E-state index contributed by atoms with van der Waals surface area (Å²) in [5, 5.41) is 25.9. The fraction of sp³-hybridized carbons (Fsp3) is 0.286. The van der Waals surface area contributed by atoms with Gasteiger partial charge >= 0.3 is 0 Å². The fourth-order valence-corrected chi connectivity index (χ4v) is 3.57. The van der Waals surface area contributed by atoms with Crippen molar-refractivity contribution in [3.63, 3.8) is 0 Å². The molecule has 0 spiro atoms. The van der Waals surface area contributed by atoms with E-state index in [1.165, 1.54) is 12.1 Å². The molecule has 3 aromatic rings. The summed E-state index contributed by atoms with van der Waals surface area (Å²) in [6, 6.07) is 16.3. The molecule has 34 heavy (non-hydrogen) atoms. The Bertz CT molecular complexity index is 1160. The van der Waals surface area contributed by atoms with Gasteiger partial charge in [0.1, 0.15) is 11.5 Å². The van der Waals surface area contributed by atoms with Crippen LogP contribution in [-0.4, -0.2) is 22.0 Å². The number of nitrogens with one attached hydrogen (secondary N) is 2. The number of rotatable bonds is 4. The molecule has 4 N–H and O–H groups in total. The van der Waals surface area contributed by atoms with E-state index in [0.717, 1.165) is 0 Å². The maximum absolute atomic E-state index is 13.1. The molecule has 0 heterocycles. The van der Waals surface area contributed by atoms with Gasteiger partial charge in [-0.1, -0.05) is 41.5 Å². The van der Waals surface area contributed by atoms with Crippen LogP contribution in [0, 0.1) is 0 Å². The van der Waals surface area contributed by atoms with Gasteiger partial charge < -0.3 is 20.8 Å². The molecule has 6 nitrogen and oxygen atoms in total. The Hall–Kier alpha value is -3.80. The van der Waals surface area contributed by atoms with E-state index in [2.05, 4.69) is 10.6 Å². The first kappa shape index (κ1) is 24.8. The van der Waals surface area contributed by atoms with Gasteiger partial charge in [-0.25, -0.2) is 0 Å². The molecule has 0 bridgehead atoms. The summed E-state index contributed by atoms with van der Waals surface area (Å²) in [7, 11) is 0. The molecule has 0 saturated carbocycles. The van der Waals surface area contributed by atoms with Crippen LogP contribution in [-0.2, 0) is 10.8 Å². The van der Waals surface area contributed by atoms with Crippen molar-refractivity contribution >= 4 is 23.2 Å². The average molecular weight is 461 g/mol. The summed E-state index contributed by atoms with van der Waals surface area (Å²) in [5.74, 6) is -0.249. The Morgan fingerprint density at radius 2 is 1.00 bits per heavy atom. The number of carbonyl (C=O) groups is 2. The van der Waals surface area contributed by atoms with Crippen LogP contribution in [0.15, 0.2) is 60.7 Å². The van der Waals surface area contributed by atoms with E-state index >= 15 is 0 Å². The second-order valence-electron chi connectivity index (χ2n) is 10.5. The number of aromatic hydroxyl groups is 2. The highest BCUT2D eigenvalue weighted by atomic mass is 16.3.